The number of rotatable bonds is 2. The standard InChI is InChI=1S/C5H5NS.C2H2Cl4S/c7-5-1-3-6-4-2-5;3-1(4)7-2(5)6/h1-4H,(H,6,7);1-2H. The van der Waals surface area contributed by atoms with Crippen LogP contribution in [0.25, 0.3) is 0 Å². The third-order valence-electron chi connectivity index (χ3n) is 0.893. The summed E-state index contributed by atoms with van der Waals surface area (Å²) in [7, 11) is 0. The lowest BCUT2D eigenvalue weighted by molar-refractivity contribution is 1.32. The van der Waals surface area contributed by atoms with Crippen LogP contribution in [-0.4, -0.2) is 13.3 Å². The molecular formula is C7H7Cl4NS2. The maximum absolute atomic E-state index is 5.23. The fourth-order valence-electron chi connectivity index (χ4n) is 0.449. The van der Waals surface area contributed by atoms with Crippen LogP contribution in [0.4, 0.5) is 0 Å². The molecule has 0 saturated carbocycles. The molecule has 0 radical (unpaired) electrons. The minimum atomic E-state index is -0.528. The van der Waals surface area contributed by atoms with Crippen molar-refractivity contribution in [3.05, 3.63) is 29.0 Å². The molecule has 0 amide bonds. The van der Waals surface area contributed by atoms with Gasteiger partial charge in [0.1, 0.15) is 0 Å². The minimum absolute atomic E-state index is 0.528. The Hall–Kier alpha value is 0.880. The summed E-state index contributed by atoms with van der Waals surface area (Å²) >= 11 is 26.8. The molecule has 1 rings (SSSR count). The highest BCUT2D eigenvalue weighted by molar-refractivity contribution is 8.05. The highest BCUT2D eigenvalue weighted by atomic mass is 35.5. The van der Waals surface area contributed by atoms with Crippen LogP contribution >= 0.6 is 70.4 Å². The first-order valence-electron chi connectivity index (χ1n) is 3.37. The number of pyridine rings is 1. The van der Waals surface area contributed by atoms with E-state index in [9.17, 15) is 0 Å². The third kappa shape index (κ3) is 11.0. The van der Waals surface area contributed by atoms with Crippen LogP contribution in [-0.2, 0) is 0 Å². The van der Waals surface area contributed by atoms with Gasteiger partial charge < -0.3 is 4.98 Å². The molecule has 1 aromatic rings. The Balaban J connectivity index is 0.000000241. The Kier molecular flexibility index (Phi) is 9.70. The molecule has 1 aromatic heterocycles. The van der Waals surface area contributed by atoms with Gasteiger partial charge in [-0.15, -0.1) is 0 Å². The quantitative estimate of drug-likeness (QED) is 0.612. The van der Waals surface area contributed by atoms with Crippen molar-refractivity contribution in [2.24, 2.45) is 0 Å². The van der Waals surface area contributed by atoms with Gasteiger partial charge in [-0.2, -0.15) is 0 Å². The number of H-pyrrole nitrogens is 1. The molecule has 0 fully saturated rings. The molecule has 80 valence electrons. The van der Waals surface area contributed by atoms with E-state index in [4.69, 9.17) is 58.6 Å². The Bertz CT molecular complexity index is 266. The first-order chi connectivity index (χ1) is 6.52. The van der Waals surface area contributed by atoms with Gasteiger partial charge in [-0.1, -0.05) is 70.4 Å². The number of alkyl halides is 4. The molecule has 0 spiro atoms. The molecule has 0 aliphatic rings. The van der Waals surface area contributed by atoms with Crippen molar-refractivity contribution in [2.45, 2.75) is 8.34 Å². The topological polar surface area (TPSA) is 15.8 Å². The van der Waals surface area contributed by atoms with Gasteiger partial charge in [0.2, 0.25) is 0 Å². The predicted molar refractivity (Wildman–Crippen MR) is 70.2 cm³/mol. The van der Waals surface area contributed by atoms with Gasteiger partial charge >= 0.3 is 0 Å². The highest BCUT2D eigenvalue weighted by Gasteiger charge is 2.04. The number of aromatic nitrogens is 1. The van der Waals surface area contributed by atoms with Crippen LogP contribution in [0.15, 0.2) is 24.5 Å². The SMILES string of the molecule is ClC(Cl)SC(Cl)Cl.S=c1cc[nH]cc1. The van der Waals surface area contributed by atoms with Crippen molar-refractivity contribution in [1.82, 2.24) is 4.98 Å². The van der Waals surface area contributed by atoms with Crippen molar-refractivity contribution in [1.29, 1.82) is 0 Å². The molecule has 0 saturated heterocycles. The zero-order chi connectivity index (χ0) is 11.0. The van der Waals surface area contributed by atoms with Gasteiger partial charge in [-0.3, -0.25) is 0 Å². The lowest BCUT2D eigenvalue weighted by atomic mass is 10.5. The van der Waals surface area contributed by atoms with E-state index in [2.05, 4.69) is 4.98 Å². The van der Waals surface area contributed by atoms with Crippen molar-refractivity contribution in [2.75, 3.05) is 0 Å². The molecule has 1 N–H and O–H groups in total. The van der Waals surface area contributed by atoms with Crippen molar-refractivity contribution in [3.8, 4) is 0 Å². The summed E-state index contributed by atoms with van der Waals surface area (Å²) in [6.07, 6.45) is 3.62. The smallest absolute Gasteiger partial charge is 0.155 e. The van der Waals surface area contributed by atoms with E-state index < -0.39 is 8.34 Å². The number of thioether (sulfide) groups is 1. The second-order valence-corrected chi connectivity index (χ2v) is 6.81. The Morgan fingerprint density at radius 1 is 1.07 bits per heavy atom. The largest absolute Gasteiger partial charge is 0.368 e. The molecule has 1 heterocycles. The lowest BCUT2D eigenvalue weighted by Crippen LogP contribution is -1.81. The first kappa shape index (κ1) is 14.9. The Morgan fingerprint density at radius 2 is 1.50 bits per heavy atom. The number of halogens is 4. The summed E-state index contributed by atoms with van der Waals surface area (Å²) in [5, 5.41) is 0. The highest BCUT2D eigenvalue weighted by Crippen LogP contribution is 2.28. The molecule has 0 aliphatic heterocycles. The van der Waals surface area contributed by atoms with E-state index in [0.717, 1.165) is 16.3 Å². The van der Waals surface area contributed by atoms with Crippen LogP contribution < -0.4 is 0 Å². The van der Waals surface area contributed by atoms with Gasteiger partial charge in [-0.05, 0) is 12.1 Å². The fourth-order valence-corrected chi connectivity index (χ4v) is 2.61. The molecule has 1 nitrogen and oxygen atoms in total. The van der Waals surface area contributed by atoms with E-state index in [0.29, 0.717) is 0 Å². The molecule has 7 heteroatoms. The zero-order valence-electron chi connectivity index (χ0n) is 6.79. The third-order valence-corrected chi connectivity index (χ3v) is 2.81. The van der Waals surface area contributed by atoms with Gasteiger partial charge in [-0.25, -0.2) is 0 Å². The van der Waals surface area contributed by atoms with Crippen molar-refractivity contribution >= 4 is 70.4 Å². The Labute approximate surface area is 112 Å². The zero-order valence-corrected chi connectivity index (χ0v) is 11.4. The van der Waals surface area contributed by atoms with E-state index in [1.165, 1.54) is 0 Å². The van der Waals surface area contributed by atoms with Crippen LogP contribution in [0.1, 0.15) is 0 Å². The van der Waals surface area contributed by atoms with E-state index in [1.54, 1.807) is 0 Å². The molecule has 0 aromatic carbocycles. The van der Waals surface area contributed by atoms with E-state index >= 15 is 0 Å². The molecule has 0 atom stereocenters. The average Bonchev–Trinajstić information content (AvgIpc) is 2.03. The second-order valence-electron chi connectivity index (χ2n) is 1.89. The fraction of sp³-hybridized carbons (Fsp3) is 0.286. The van der Waals surface area contributed by atoms with Gasteiger partial charge in [0.15, 0.2) is 8.34 Å². The summed E-state index contributed by atoms with van der Waals surface area (Å²) in [5.74, 6) is 0. The number of nitrogens with one attached hydrogen (secondary N) is 1. The summed E-state index contributed by atoms with van der Waals surface area (Å²) in [6, 6.07) is 3.69. The van der Waals surface area contributed by atoms with Gasteiger partial charge in [0.25, 0.3) is 0 Å². The molecule has 0 aliphatic carbocycles. The minimum Gasteiger partial charge on any atom is -0.368 e. The normalized spacial score (nSPS) is 9.86. The summed E-state index contributed by atoms with van der Waals surface area (Å²) in [5.41, 5.74) is 0. The monoisotopic (exact) mass is 309 g/mol. The van der Waals surface area contributed by atoms with Crippen LogP contribution in [0.5, 0.6) is 0 Å². The number of hydrogen-bond donors (Lipinski definition) is 1. The summed E-state index contributed by atoms with van der Waals surface area (Å²) in [4.78, 5) is 2.87. The van der Waals surface area contributed by atoms with Crippen molar-refractivity contribution in [3.63, 3.8) is 0 Å². The first-order valence-corrected chi connectivity index (χ1v) is 6.47. The lowest BCUT2D eigenvalue weighted by Gasteiger charge is -1.97. The van der Waals surface area contributed by atoms with Gasteiger partial charge in [0, 0.05) is 16.9 Å². The number of hydrogen-bond acceptors (Lipinski definition) is 2. The van der Waals surface area contributed by atoms with Crippen LogP contribution in [0.3, 0.4) is 0 Å². The average molecular weight is 311 g/mol. The maximum Gasteiger partial charge on any atom is 0.155 e. The van der Waals surface area contributed by atoms with Crippen molar-refractivity contribution < 1.29 is 0 Å². The molecule has 0 unspecified atom stereocenters. The summed E-state index contributed by atoms with van der Waals surface area (Å²) < 4.78 is -0.182. The Morgan fingerprint density at radius 3 is 1.64 bits per heavy atom. The molecule has 0 bridgehead atoms. The predicted octanol–water partition coefficient (Wildman–Crippen LogP) is 4.99. The van der Waals surface area contributed by atoms with Gasteiger partial charge in [0.05, 0.1) is 0 Å². The maximum atomic E-state index is 5.23. The van der Waals surface area contributed by atoms with E-state index in [1.807, 2.05) is 24.5 Å². The van der Waals surface area contributed by atoms with Crippen LogP contribution in [0, 0.1) is 4.51 Å². The summed E-state index contributed by atoms with van der Waals surface area (Å²) in [6.45, 7) is 0. The van der Waals surface area contributed by atoms with E-state index in [-0.39, 0.29) is 0 Å². The second kappa shape index (κ2) is 9.13. The van der Waals surface area contributed by atoms with Crippen LogP contribution in [0.2, 0.25) is 0 Å². The molecular weight excluding hydrogens is 304 g/mol. The number of aromatic amines is 1. The molecule has 14 heavy (non-hydrogen) atoms.